The molecule has 4 amide bonds. The second-order valence-electron chi connectivity index (χ2n) is 31.8. The molecule has 4 fully saturated rings. The SMILES string of the molecule is [2H]C1([2H])Oc2ccc(C([2H])([2H])C([2H])([2H])N3CC[C@@H](C(C(N)=O)(c4ccccc4)c4ccccc4)C3)cc2C1([2H])[2H].[2H]c1c([2H])c([2H])c(C(C(N)=O)(c2c([2H])c([2H])c([2H])c([2H])c2[2H])[C@@H]2CCN(C([2H])([2H])C([2H])([2H])c3ccc4c(c3)C([2H])([2H])C([2H])([2H])O4)C2)c([2H])c1[2H].[2H]c1c([2H])c([2H])c(C(C(N)=O)(c2c([2H])c([2H])c([2H])c([2H])c2[2H])[C@@H]2CCN(CC([2H])([2H])c3ccc4c(c3)C([2H])([2H])C([2H])([2H])O4)C2)c([2H])c1[2H].[2H]c1c([2H])c2c(c([2H])c1CCN1CC[C@@H](C(C(N)=O)(c3ccccc3)c3ccccc3)C1)CCO2. The van der Waals surface area contributed by atoms with Crippen molar-refractivity contribution in [1.29, 1.82) is 0 Å². The highest BCUT2D eigenvalue weighted by molar-refractivity contribution is 5.94. The molecule has 16 nitrogen and oxygen atoms in total. The molecule has 0 unspecified atom stereocenters. The molecule has 0 bridgehead atoms. The summed E-state index contributed by atoms with van der Waals surface area (Å²) < 4.78 is 400. The van der Waals surface area contributed by atoms with Gasteiger partial charge in [0.25, 0.3) is 0 Å². The lowest BCUT2D eigenvalue weighted by Gasteiger charge is -2.37. The normalized spacial score (nSPS) is 26.3. The van der Waals surface area contributed by atoms with E-state index in [-0.39, 0.29) is 121 Å². The molecule has 656 valence electrons. The third kappa shape index (κ3) is 18.4. The summed E-state index contributed by atoms with van der Waals surface area (Å²) in [6.45, 7) is -12.5. The molecular formula is C112H120N8O8. The van der Waals surface area contributed by atoms with Crippen LogP contribution in [0.5, 0.6) is 23.0 Å². The fraction of sp³-hybridized carbons (Fsp3) is 0.321. The van der Waals surface area contributed by atoms with E-state index >= 15 is 0 Å². The molecule has 0 saturated carbocycles. The second kappa shape index (κ2) is 40.3. The lowest BCUT2D eigenvalue weighted by atomic mass is 9.64. The third-order valence-corrected chi connectivity index (χ3v) is 24.8. The highest BCUT2D eigenvalue weighted by Crippen LogP contribution is 2.49. The summed E-state index contributed by atoms with van der Waals surface area (Å²) in [5, 5.41) is 0. The standard InChI is InChI=1S/4C28H30N2O2/c4*29-27(31)28(23-7-3-1-4-8-23,24-9-5-2-6-10-24)25-14-17-30(20-25)16-13-21-11-12-26-22(19-21)15-18-32-26/h4*1-12,19,25H,13-18,20H2,(H2,29,31)/t4*25-/m1111/s1/i1D,2D,3D,4D,5D,6D,7D,8D,9D,10D,13D2,15D2,16D2,18D2;1D,2D,3D,4D,5D,6D,7D,8D,9D,10D,13D2,15D2,18D2;13D2,15D2,16D2,18D2;11D,12D,19D. The molecular weight excluding hydrogens is 1590 g/mol. The molecule has 12 aromatic carbocycles. The molecule has 12 aromatic rings. The maximum atomic E-state index is 13.9. The number of hydrogen-bond donors (Lipinski definition) is 4. The number of benzene rings is 12. The average Bonchev–Trinajstić information content (AvgIpc) is 1.34. The first kappa shape index (κ1) is 48.7. The van der Waals surface area contributed by atoms with Crippen molar-refractivity contribution in [2.45, 2.75) is 98.4 Å². The molecule has 0 radical (unpaired) electrons. The number of primary amides is 4. The number of likely N-dealkylation sites (tertiary alicyclic amines) is 4. The lowest BCUT2D eigenvalue weighted by Crippen LogP contribution is -2.49. The Morgan fingerprint density at radius 1 is 0.336 bits per heavy atom. The molecule has 4 atom stereocenters. The van der Waals surface area contributed by atoms with E-state index in [0.29, 0.717) is 67.4 Å². The Hall–Kier alpha value is -12.4. The van der Waals surface area contributed by atoms with Gasteiger partial charge < -0.3 is 61.5 Å². The molecule has 8 aliphatic heterocycles. The van der Waals surface area contributed by atoms with Crippen molar-refractivity contribution < 1.29 is 99.8 Å². The van der Waals surface area contributed by atoms with Crippen LogP contribution in [0.3, 0.4) is 0 Å². The van der Waals surface area contributed by atoms with Crippen LogP contribution in [0.4, 0.5) is 0 Å². The van der Waals surface area contributed by atoms with Crippen molar-refractivity contribution in [3.63, 3.8) is 0 Å². The number of nitrogens with two attached hydrogens (primary N) is 4. The summed E-state index contributed by atoms with van der Waals surface area (Å²) in [5.74, 6) is -6.72. The van der Waals surface area contributed by atoms with Crippen LogP contribution >= 0.6 is 0 Å². The van der Waals surface area contributed by atoms with Crippen LogP contribution in [0.1, 0.15) is 176 Å². The molecule has 4 saturated heterocycles. The minimum absolute atomic E-state index is 0.00380. The third-order valence-electron chi connectivity index (χ3n) is 24.8. The summed E-state index contributed by atoms with van der Waals surface area (Å²) in [4.78, 5) is 60.5. The smallest absolute Gasteiger partial charge is 0.232 e. The molecule has 128 heavy (non-hydrogen) atoms. The van der Waals surface area contributed by atoms with Crippen molar-refractivity contribution in [2.24, 2.45) is 46.6 Å². The highest BCUT2D eigenvalue weighted by Gasteiger charge is 2.54. The number of aryl methyl sites for hydroxylation is 5. The number of carbonyl (C=O) groups excluding carboxylic acids is 4. The minimum Gasteiger partial charge on any atom is -0.493 e. The van der Waals surface area contributed by atoms with Gasteiger partial charge in [0.15, 0.2) is 0 Å². The summed E-state index contributed by atoms with van der Waals surface area (Å²) in [5.41, 5.74) is 17.3. The van der Waals surface area contributed by atoms with E-state index in [0.717, 1.165) is 58.8 Å². The van der Waals surface area contributed by atoms with E-state index < -0.39 is 283 Å². The number of rotatable bonds is 28. The first-order valence-electron chi connectivity index (χ1n) is 64.4. The van der Waals surface area contributed by atoms with Crippen LogP contribution in [0.15, 0.2) is 315 Å². The predicted octanol–water partition coefficient (Wildman–Crippen LogP) is 15.8. The lowest BCUT2D eigenvalue weighted by molar-refractivity contribution is -0.124. The Bertz CT molecular complexity index is 8030. The molecule has 0 spiro atoms. The summed E-state index contributed by atoms with van der Waals surface area (Å²) in [6, 6.07) is 31.6. The number of fused-ring (bicyclic) bond motifs is 4. The van der Waals surface area contributed by atoms with Crippen molar-refractivity contribution in [3.05, 3.63) is 404 Å². The summed E-state index contributed by atoms with van der Waals surface area (Å²) in [6.07, 6.45) is -13.7. The summed E-state index contributed by atoms with van der Waals surface area (Å²) >= 11 is 0. The maximum Gasteiger partial charge on any atom is 0.232 e. The molecule has 8 aliphatic rings. The quantitative estimate of drug-likeness (QED) is 0.0360. The van der Waals surface area contributed by atoms with Crippen LogP contribution in [-0.2, 0) is 91.9 Å². The fourth-order valence-electron chi connectivity index (χ4n) is 18.7. The van der Waals surface area contributed by atoms with Crippen LogP contribution < -0.4 is 41.9 Å². The first-order valence-corrected chi connectivity index (χ1v) is 41.9. The number of nitrogens with zero attached hydrogens (tertiary/aromatic N) is 4. The Kier molecular flexibility index (Phi) is 15.3. The van der Waals surface area contributed by atoms with Gasteiger partial charge in [-0.25, -0.2) is 0 Å². The summed E-state index contributed by atoms with van der Waals surface area (Å²) in [7, 11) is 0. The zero-order chi connectivity index (χ0) is 128. The van der Waals surface area contributed by atoms with Gasteiger partial charge in [-0.15, -0.1) is 0 Å². The Morgan fingerprint density at radius 2 is 0.648 bits per heavy atom. The van der Waals surface area contributed by atoms with Gasteiger partial charge in [-0.05, 0) is 214 Å². The van der Waals surface area contributed by atoms with E-state index in [1.54, 1.807) is 4.90 Å². The monoisotopic (exact) mass is 1750 g/mol. The van der Waals surface area contributed by atoms with Crippen molar-refractivity contribution in [3.8, 4) is 23.0 Å². The van der Waals surface area contributed by atoms with Crippen LogP contribution in [-0.4, -0.2) is 148 Å². The Labute approximate surface area is 817 Å². The number of amides is 4. The van der Waals surface area contributed by atoms with Crippen molar-refractivity contribution in [1.82, 2.24) is 19.6 Å². The zero-order valence-electron chi connectivity index (χ0n) is 114. The van der Waals surface area contributed by atoms with Gasteiger partial charge in [-0.3, -0.25) is 19.2 Å². The van der Waals surface area contributed by atoms with Crippen LogP contribution in [0, 0.1) is 23.7 Å². The largest absolute Gasteiger partial charge is 0.493 e. The molecule has 0 aliphatic carbocycles. The van der Waals surface area contributed by atoms with Gasteiger partial charge in [0, 0.05) is 99.7 Å². The molecule has 0 aromatic heterocycles. The number of hydrogen-bond acceptors (Lipinski definition) is 12. The topological polar surface area (TPSA) is 222 Å². The van der Waals surface area contributed by atoms with Crippen molar-refractivity contribution >= 4 is 23.6 Å². The molecule has 8 N–H and O–H groups in total. The van der Waals surface area contributed by atoms with Gasteiger partial charge in [0.1, 0.15) is 44.7 Å². The Morgan fingerprint density at radius 3 is 0.992 bits per heavy atom. The molecule has 20 rings (SSSR count). The van der Waals surface area contributed by atoms with Gasteiger partial charge >= 0.3 is 0 Å². The molecule has 8 heterocycles. The van der Waals surface area contributed by atoms with Gasteiger partial charge in [0.05, 0.1) is 66.0 Å². The van der Waals surface area contributed by atoms with Crippen LogP contribution in [0.25, 0.3) is 0 Å². The fourth-order valence-corrected chi connectivity index (χ4v) is 18.7. The van der Waals surface area contributed by atoms with Gasteiger partial charge in [-0.2, -0.15) is 0 Å². The predicted molar refractivity (Wildman–Crippen MR) is 507 cm³/mol. The van der Waals surface area contributed by atoms with E-state index in [4.69, 9.17) is 104 Å². The second-order valence-corrected chi connectivity index (χ2v) is 31.8. The van der Waals surface area contributed by atoms with E-state index in [9.17, 15) is 19.2 Å². The average molecular weight is 1750 g/mol. The Balaban J connectivity index is 0.000000154. The molecule has 16 heteroatoms. The van der Waals surface area contributed by atoms with Gasteiger partial charge in [-0.1, -0.05) is 291 Å². The van der Waals surface area contributed by atoms with E-state index in [1.165, 1.54) is 35.2 Å². The zero-order valence-corrected chi connectivity index (χ0v) is 69.4. The van der Waals surface area contributed by atoms with Gasteiger partial charge in [0.2, 0.25) is 23.6 Å². The highest BCUT2D eigenvalue weighted by atomic mass is 16.5. The number of ether oxygens (including phenoxy) is 4. The van der Waals surface area contributed by atoms with E-state index in [2.05, 4.69) is 4.90 Å². The van der Waals surface area contributed by atoms with E-state index in [1.807, 2.05) is 121 Å². The number of carbonyl (C=O) groups is 4. The maximum absolute atomic E-state index is 13.9. The van der Waals surface area contributed by atoms with Crippen LogP contribution in [0.2, 0.25) is 0 Å². The van der Waals surface area contributed by atoms with Crippen molar-refractivity contribution in [2.75, 3.05) is 105 Å². The minimum atomic E-state index is -3.01. The first-order chi connectivity index (χ1) is 80.5.